The summed E-state index contributed by atoms with van der Waals surface area (Å²) in [5.74, 6) is 0.871. The van der Waals surface area contributed by atoms with Gasteiger partial charge in [0.25, 0.3) is 0 Å². The van der Waals surface area contributed by atoms with Gasteiger partial charge in [-0.05, 0) is 43.4 Å². The summed E-state index contributed by atoms with van der Waals surface area (Å²) >= 11 is 0. The van der Waals surface area contributed by atoms with Gasteiger partial charge in [0.1, 0.15) is 5.75 Å². The number of fused-ring (bicyclic) bond motifs is 1. The molecule has 1 saturated carbocycles. The van der Waals surface area contributed by atoms with E-state index in [4.69, 9.17) is 9.47 Å². The summed E-state index contributed by atoms with van der Waals surface area (Å²) in [7, 11) is -1.46. The van der Waals surface area contributed by atoms with E-state index >= 15 is 0 Å². The Labute approximate surface area is 156 Å². The van der Waals surface area contributed by atoms with Crippen LogP contribution in [-0.4, -0.2) is 68.4 Å². The molecule has 2 saturated heterocycles. The van der Waals surface area contributed by atoms with Crippen LogP contribution in [0.25, 0.3) is 0 Å². The number of methoxy groups -OCH3 is 1. The Balaban J connectivity index is 1.44. The van der Waals surface area contributed by atoms with Crippen molar-refractivity contribution in [3.63, 3.8) is 0 Å². The highest BCUT2D eigenvalue weighted by Gasteiger charge is 2.46. The Morgan fingerprint density at radius 3 is 2.73 bits per heavy atom. The number of morpholine rings is 1. The van der Waals surface area contributed by atoms with Crippen LogP contribution in [0.4, 0.5) is 0 Å². The van der Waals surface area contributed by atoms with Crippen LogP contribution in [0.3, 0.4) is 0 Å². The van der Waals surface area contributed by atoms with Gasteiger partial charge in [0.15, 0.2) is 0 Å². The summed E-state index contributed by atoms with van der Waals surface area (Å²) in [5.41, 5.74) is 1.22. The molecule has 0 spiro atoms. The number of ether oxygens (including phenoxy) is 2. The van der Waals surface area contributed by atoms with Crippen molar-refractivity contribution in [1.82, 2.24) is 9.21 Å². The van der Waals surface area contributed by atoms with Gasteiger partial charge in [0.05, 0.1) is 31.1 Å². The minimum absolute atomic E-state index is 0.00957. The van der Waals surface area contributed by atoms with E-state index in [0.717, 1.165) is 51.1 Å². The maximum absolute atomic E-state index is 12.8. The fourth-order valence-electron chi connectivity index (χ4n) is 4.16. The zero-order valence-electron chi connectivity index (χ0n) is 15.3. The third-order valence-electron chi connectivity index (χ3n) is 5.73. The zero-order chi connectivity index (χ0) is 18.1. The third kappa shape index (κ3) is 3.76. The minimum Gasteiger partial charge on any atom is -0.497 e. The molecule has 1 aliphatic carbocycles. The first kappa shape index (κ1) is 18.2. The SMILES string of the molecule is COc1cccc(CN2CCC3OCCN(S(=O)(=O)C4CC4)C3CC2)c1. The quantitative estimate of drug-likeness (QED) is 0.780. The van der Waals surface area contributed by atoms with Crippen LogP contribution in [0.15, 0.2) is 24.3 Å². The van der Waals surface area contributed by atoms with Crippen LogP contribution in [-0.2, 0) is 21.3 Å². The molecule has 4 rings (SSSR count). The monoisotopic (exact) mass is 380 g/mol. The molecule has 7 heteroatoms. The van der Waals surface area contributed by atoms with E-state index in [1.165, 1.54) is 5.56 Å². The van der Waals surface area contributed by atoms with Gasteiger partial charge in [-0.15, -0.1) is 0 Å². The highest BCUT2D eigenvalue weighted by atomic mass is 32.2. The molecule has 2 heterocycles. The maximum atomic E-state index is 12.8. The van der Waals surface area contributed by atoms with E-state index in [2.05, 4.69) is 17.0 Å². The molecule has 0 bridgehead atoms. The van der Waals surface area contributed by atoms with Gasteiger partial charge in [-0.25, -0.2) is 8.42 Å². The average Bonchev–Trinajstić information content (AvgIpc) is 3.50. The molecule has 3 fully saturated rings. The van der Waals surface area contributed by atoms with Gasteiger partial charge in [-0.3, -0.25) is 4.90 Å². The van der Waals surface area contributed by atoms with Crippen molar-refractivity contribution in [3.8, 4) is 5.75 Å². The van der Waals surface area contributed by atoms with Gasteiger partial charge in [-0.2, -0.15) is 4.31 Å². The lowest BCUT2D eigenvalue weighted by atomic mass is 10.0. The van der Waals surface area contributed by atoms with Gasteiger partial charge < -0.3 is 9.47 Å². The molecular weight excluding hydrogens is 352 g/mol. The Bertz CT molecular complexity index is 735. The Hall–Kier alpha value is -1.15. The molecule has 3 aliphatic rings. The topological polar surface area (TPSA) is 59.1 Å². The first-order valence-electron chi connectivity index (χ1n) is 9.55. The lowest BCUT2D eigenvalue weighted by Gasteiger charge is -2.39. The summed E-state index contributed by atoms with van der Waals surface area (Å²) < 4.78 is 38.7. The number of hydrogen-bond donors (Lipinski definition) is 0. The van der Waals surface area contributed by atoms with E-state index in [9.17, 15) is 8.42 Å². The van der Waals surface area contributed by atoms with Crippen molar-refractivity contribution in [1.29, 1.82) is 0 Å². The molecule has 144 valence electrons. The minimum atomic E-state index is -3.14. The molecule has 2 unspecified atom stereocenters. The van der Waals surface area contributed by atoms with Gasteiger partial charge in [0, 0.05) is 26.2 Å². The second-order valence-electron chi connectivity index (χ2n) is 7.54. The van der Waals surface area contributed by atoms with E-state index in [-0.39, 0.29) is 17.4 Å². The Morgan fingerprint density at radius 1 is 1.15 bits per heavy atom. The predicted octanol–water partition coefficient (Wildman–Crippen LogP) is 1.85. The van der Waals surface area contributed by atoms with Crippen LogP contribution in [0.1, 0.15) is 31.2 Å². The van der Waals surface area contributed by atoms with Crippen LogP contribution in [0.2, 0.25) is 0 Å². The normalized spacial score (nSPS) is 28.3. The third-order valence-corrected chi connectivity index (χ3v) is 8.15. The Morgan fingerprint density at radius 2 is 1.96 bits per heavy atom. The van der Waals surface area contributed by atoms with Crippen molar-refractivity contribution in [2.75, 3.05) is 33.4 Å². The largest absolute Gasteiger partial charge is 0.497 e. The summed E-state index contributed by atoms with van der Waals surface area (Å²) in [6.07, 6.45) is 3.37. The number of hydrogen-bond acceptors (Lipinski definition) is 5. The van der Waals surface area contributed by atoms with Crippen molar-refractivity contribution in [2.45, 2.75) is 49.6 Å². The smallest absolute Gasteiger partial charge is 0.217 e. The van der Waals surface area contributed by atoms with E-state index in [0.29, 0.717) is 13.2 Å². The van der Waals surface area contributed by atoms with Crippen molar-refractivity contribution in [3.05, 3.63) is 29.8 Å². The standard InChI is InChI=1S/C19H28N2O4S/c1-24-16-4-2-3-15(13-16)14-20-9-7-18-19(8-10-20)25-12-11-21(18)26(22,23)17-5-6-17/h2-4,13,17-19H,5-12,14H2,1H3. The average molecular weight is 381 g/mol. The molecule has 0 aromatic heterocycles. The molecular formula is C19H28N2O4S. The van der Waals surface area contributed by atoms with Crippen LogP contribution in [0, 0.1) is 0 Å². The lowest BCUT2D eigenvalue weighted by molar-refractivity contribution is -0.0409. The number of rotatable bonds is 5. The van der Waals surface area contributed by atoms with Crippen molar-refractivity contribution >= 4 is 10.0 Å². The van der Waals surface area contributed by atoms with Gasteiger partial charge >= 0.3 is 0 Å². The number of nitrogens with zero attached hydrogens (tertiary/aromatic N) is 2. The van der Waals surface area contributed by atoms with E-state index < -0.39 is 10.0 Å². The number of sulfonamides is 1. The summed E-state index contributed by atoms with van der Waals surface area (Å²) in [5, 5.41) is -0.141. The molecule has 0 N–H and O–H groups in total. The molecule has 6 nitrogen and oxygen atoms in total. The molecule has 2 aliphatic heterocycles. The summed E-state index contributed by atoms with van der Waals surface area (Å²) in [4.78, 5) is 2.40. The number of likely N-dealkylation sites (tertiary alicyclic amines) is 1. The molecule has 1 aromatic carbocycles. The first-order chi connectivity index (χ1) is 12.6. The van der Waals surface area contributed by atoms with Gasteiger partial charge in [0.2, 0.25) is 10.0 Å². The zero-order valence-corrected chi connectivity index (χ0v) is 16.2. The highest BCUT2D eigenvalue weighted by molar-refractivity contribution is 7.90. The van der Waals surface area contributed by atoms with Gasteiger partial charge in [-0.1, -0.05) is 12.1 Å². The predicted molar refractivity (Wildman–Crippen MR) is 99.7 cm³/mol. The second kappa shape index (κ2) is 7.46. The molecule has 2 atom stereocenters. The fraction of sp³-hybridized carbons (Fsp3) is 0.684. The number of benzene rings is 1. The maximum Gasteiger partial charge on any atom is 0.217 e. The second-order valence-corrected chi connectivity index (χ2v) is 9.70. The summed E-state index contributed by atoms with van der Waals surface area (Å²) in [6, 6.07) is 8.14. The molecule has 1 aromatic rings. The highest BCUT2D eigenvalue weighted by Crippen LogP contribution is 2.35. The van der Waals surface area contributed by atoms with Crippen molar-refractivity contribution in [2.24, 2.45) is 0 Å². The van der Waals surface area contributed by atoms with E-state index in [1.54, 1.807) is 11.4 Å². The summed E-state index contributed by atoms with van der Waals surface area (Å²) in [6.45, 7) is 3.69. The van der Waals surface area contributed by atoms with E-state index in [1.807, 2.05) is 12.1 Å². The van der Waals surface area contributed by atoms with Crippen LogP contribution < -0.4 is 4.74 Å². The molecule has 0 amide bonds. The fourth-order valence-corrected chi connectivity index (χ4v) is 6.22. The molecule has 26 heavy (non-hydrogen) atoms. The van der Waals surface area contributed by atoms with Crippen LogP contribution >= 0.6 is 0 Å². The Kier molecular flexibility index (Phi) is 5.23. The first-order valence-corrected chi connectivity index (χ1v) is 11.1. The van der Waals surface area contributed by atoms with Crippen LogP contribution in [0.5, 0.6) is 5.75 Å². The van der Waals surface area contributed by atoms with Crippen molar-refractivity contribution < 1.29 is 17.9 Å². The molecule has 0 radical (unpaired) electrons. The lowest BCUT2D eigenvalue weighted by Crippen LogP contribution is -2.54.